The van der Waals surface area contributed by atoms with Crippen LogP contribution in [0.1, 0.15) is 47.0 Å². The van der Waals surface area contributed by atoms with Gasteiger partial charge in [0.15, 0.2) is 0 Å². The predicted molar refractivity (Wildman–Crippen MR) is 221 cm³/mol. The molecule has 0 saturated heterocycles. The molecule has 0 aliphatic heterocycles. The summed E-state index contributed by atoms with van der Waals surface area (Å²) in [7, 11) is 0. The molecule has 2 N–H and O–H groups in total. The third-order valence-corrected chi connectivity index (χ3v) is 7.23. The molecule has 278 valence electrons. The van der Waals surface area contributed by atoms with Gasteiger partial charge in [0.25, 0.3) is 0 Å². The van der Waals surface area contributed by atoms with Gasteiger partial charge >= 0.3 is 0 Å². The normalized spacial score (nSPS) is 13.3. The fourth-order valence-electron chi connectivity index (χ4n) is 4.24. The van der Waals surface area contributed by atoms with Crippen LogP contribution in [0.3, 0.4) is 0 Å². The Labute approximate surface area is 322 Å². The zero-order valence-corrected chi connectivity index (χ0v) is 31.6. The Morgan fingerprint density at radius 1 is 0.582 bits per heavy atom. The lowest BCUT2D eigenvalue weighted by atomic mass is 10.3. The van der Waals surface area contributed by atoms with Gasteiger partial charge in [0.05, 0.1) is 45.5 Å². The Balaban J connectivity index is 1.30. The number of benzene rings is 3. The van der Waals surface area contributed by atoms with Gasteiger partial charge in [-0.05, 0) is 124 Å². The maximum absolute atomic E-state index is 4.48. The molecule has 4 aromatic rings. The average Bonchev–Trinajstić information content (AvgIpc) is 3.21. The van der Waals surface area contributed by atoms with E-state index in [1.807, 2.05) is 124 Å². The maximum atomic E-state index is 4.48. The van der Waals surface area contributed by atoms with Crippen molar-refractivity contribution in [2.24, 2.45) is 40.9 Å². The smallest absolute Gasteiger partial charge is 0.231 e. The summed E-state index contributed by atoms with van der Waals surface area (Å²) in [6.07, 6.45) is 16.9. The molecule has 55 heavy (non-hydrogen) atoms. The summed E-state index contributed by atoms with van der Waals surface area (Å²) < 4.78 is 0. The zero-order valence-electron chi connectivity index (χ0n) is 31.6. The van der Waals surface area contributed by atoms with Gasteiger partial charge in [0.1, 0.15) is 6.33 Å². The summed E-state index contributed by atoms with van der Waals surface area (Å²) in [5.74, 6) is 0.757. The van der Waals surface area contributed by atoms with E-state index in [1.54, 1.807) is 18.2 Å². The standard InChI is InChI=1S/C42H45N13/c1-7-11-15-33(8-2)48-52-37-22-24-38(25-23-37)53-49-34(9-3)20-18-31(5)45-41-43-30-44-42(47-41)46-32(6)19-21-35(10-4)50-54-39-26-28-40(29-27-39)55-51-36-16-13-12-14-17-36/h8,10,12-30H,2,4,7,9,11H2,1,3,5-6H3,(H2,43,44,45,46,47)/b31-18+,32-19+,33-15+,34-20+,35-21+,52-48?,53-49?,54-50?,55-51?. The summed E-state index contributed by atoms with van der Waals surface area (Å²) in [5, 5.41) is 40.8. The lowest BCUT2D eigenvalue weighted by Crippen LogP contribution is -2.06. The van der Waals surface area contributed by atoms with Crippen LogP contribution >= 0.6 is 0 Å². The third-order valence-electron chi connectivity index (χ3n) is 7.23. The van der Waals surface area contributed by atoms with Crippen molar-refractivity contribution in [1.82, 2.24) is 15.0 Å². The highest BCUT2D eigenvalue weighted by Crippen LogP contribution is 2.23. The average molecular weight is 732 g/mol. The van der Waals surface area contributed by atoms with Crippen LogP contribution < -0.4 is 10.6 Å². The molecule has 1 aromatic heterocycles. The molecule has 0 unspecified atom stereocenters. The number of rotatable bonds is 19. The number of nitrogens with one attached hydrogen (secondary N) is 2. The number of anilines is 2. The van der Waals surface area contributed by atoms with E-state index >= 15 is 0 Å². The van der Waals surface area contributed by atoms with Crippen molar-refractivity contribution in [3.05, 3.63) is 169 Å². The van der Waals surface area contributed by atoms with Crippen molar-refractivity contribution in [2.75, 3.05) is 10.6 Å². The molecule has 0 aliphatic carbocycles. The summed E-state index contributed by atoms with van der Waals surface area (Å²) in [6, 6.07) is 24.3. The first-order valence-corrected chi connectivity index (χ1v) is 17.7. The van der Waals surface area contributed by atoms with Crippen molar-refractivity contribution in [3.63, 3.8) is 0 Å². The van der Waals surface area contributed by atoms with Crippen LogP contribution in [0.15, 0.2) is 210 Å². The number of nitrogens with zero attached hydrogens (tertiary/aromatic N) is 11. The van der Waals surface area contributed by atoms with E-state index in [1.165, 1.54) is 6.33 Å². The highest BCUT2D eigenvalue weighted by molar-refractivity contribution is 5.49. The summed E-state index contributed by atoms with van der Waals surface area (Å²) in [5.41, 5.74) is 7.31. The lowest BCUT2D eigenvalue weighted by molar-refractivity contribution is 0.945. The van der Waals surface area contributed by atoms with E-state index in [2.05, 4.69) is 86.6 Å². The minimum atomic E-state index is 0.374. The van der Waals surface area contributed by atoms with Crippen molar-refractivity contribution in [2.45, 2.75) is 47.0 Å². The predicted octanol–water partition coefficient (Wildman–Crippen LogP) is 13.8. The first kappa shape index (κ1) is 40.6. The Kier molecular flexibility index (Phi) is 16.8. The number of allylic oxidation sites excluding steroid dienone is 10. The number of hydrogen-bond donors (Lipinski definition) is 2. The monoisotopic (exact) mass is 731 g/mol. The minimum absolute atomic E-state index is 0.374. The van der Waals surface area contributed by atoms with E-state index in [0.29, 0.717) is 41.1 Å². The van der Waals surface area contributed by atoms with Gasteiger partial charge in [0, 0.05) is 11.4 Å². The Morgan fingerprint density at radius 3 is 1.56 bits per heavy atom. The van der Waals surface area contributed by atoms with Crippen LogP contribution in [-0.2, 0) is 0 Å². The maximum Gasteiger partial charge on any atom is 0.231 e. The molecule has 0 spiro atoms. The van der Waals surface area contributed by atoms with Crippen LogP contribution in [-0.4, -0.2) is 15.0 Å². The van der Waals surface area contributed by atoms with Crippen molar-refractivity contribution in [1.29, 1.82) is 0 Å². The molecule has 0 aliphatic rings. The van der Waals surface area contributed by atoms with Gasteiger partial charge in [-0.2, -0.15) is 45.9 Å². The van der Waals surface area contributed by atoms with Gasteiger partial charge < -0.3 is 10.6 Å². The van der Waals surface area contributed by atoms with Gasteiger partial charge in [-0.15, -0.1) is 0 Å². The second kappa shape index (κ2) is 22.7. The first-order valence-electron chi connectivity index (χ1n) is 17.7. The van der Waals surface area contributed by atoms with Gasteiger partial charge in [-0.1, -0.05) is 57.7 Å². The van der Waals surface area contributed by atoms with E-state index in [9.17, 15) is 0 Å². The van der Waals surface area contributed by atoms with Gasteiger partial charge in [0.2, 0.25) is 11.9 Å². The highest BCUT2D eigenvalue weighted by atomic mass is 15.2. The molecular weight excluding hydrogens is 687 g/mol. The molecule has 0 bridgehead atoms. The molecule has 13 nitrogen and oxygen atoms in total. The van der Waals surface area contributed by atoms with Crippen LogP contribution in [0.2, 0.25) is 0 Å². The van der Waals surface area contributed by atoms with Crippen LogP contribution in [0.5, 0.6) is 0 Å². The largest absolute Gasteiger partial charge is 0.328 e. The topological polar surface area (TPSA) is 162 Å². The van der Waals surface area contributed by atoms with E-state index in [-0.39, 0.29) is 0 Å². The number of aromatic nitrogens is 3. The number of hydrogen-bond acceptors (Lipinski definition) is 13. The summed E-state index contributed by atoms with van der Waals surface area (Å²) in [4.78, 5) is 13.0. The molecule has 13 heteroatoms. The molecule has 1 heterocycles. The second-order valence-electron chi connectivity index (χ2n) is 11.7. The molecular formula is C42H45N13. The number of unbranched alkanes of at least 4 members (excludes halogenated alkanes) is 1. The van der Waals surface area contributed by atoms with Gasteiger partial charge in [-0.3, -0.25) is 0 Å². The Hall–Kier alpha value is -7.15. The van der Waals surface area contributed by atoms with Crippen LogP contribution in [0.4, 0.5) is 40.3 Å². The fraction of sp³-hybridized carbons (Fsp3) is 0.167. The fourth-order valence-corrected chi connectivity index (χ4v) is 4.24. The minimum Gasteiger partial charge on any atom is -0.328 e. The number of azo groups is 4. The van der Waals surface area contributed by atoms with Gasteiger partial charge in [-0.25, -0.2) is 9.97 Å². The third kappa shape index (κ3) is 15.2. The summed E-state index contributed by atoms with van der Waals surface area (Å²) in [6.45, 7) is 15.6. The lowest BCUT2D eigenvalue weighted by Gasteiger charge is -2.07. The van der Waals surface area contributed by atoms with Crippen molar-refractivity contribution in [3.8, 4) is 0 Å². The van der Waals surface area contributed by atoms with E-state index < -0.39 is 0 Å². The molecule has 4 rings (SSSR count). The molecule has 0 amide bonds. The molecule has 0 atom stereocenters. The zero-order chi connectivity index (χ0) is 39.1. The quantitative estimate of drug-likeness (QED) is 0.0723. The summed E-state index contributed by atoms with van der Waals surface area (Å²) >= 11 is 0. The molecule has 3 aromatic carbocycles. The van der Waals surface area contributed by atoms with Crippen molar-refractivity contribution < 1.29 is 0 Å². The molecule has 0 radical (unpaired) electrons. The second-order valence-corrected chi connectivity index (χ2v) is 11.7. The Bertz CT molecular complexity index is 2140. The molecule has 0 saturated carbocycles. The Morgan fingerprint density at radius 2 is 1.05 bits per heavy atom. The molecule has 0 fully saturated rings. The van der Waals surface area contributed by atoms with Crippen molar-refractivity contribution >= 4 is 40.3 Å². The first-order chi connectivity index (χ1) is 26.9. The van der Waals surface area contributed by atoms with Crippen LogP contribution in [0.25, 0.3) is 0 Å². The van der Waals surface area contributed by atoms with E-state index in [4.69, 9.17) is 0 Å². The van der Waals surface area contributed by atoms with E-state index in [0.717, 1.165) is 47.0 Å². The highest BCUT2D eigenvalue weighted by Gasteiger charge is 2.02. The SMILES string of the molecule is C=C/C(=C\CCC)N=Nc1ccc(N=N/C(=C/C=C(\C)Nc2ncnc(N/C(C)=C/C=C(\C=C)N=Nc3ccc(N=Nc4ccccc4)cc3)n2)CC)cc1. The van der Waals surface area contributed by atoms with Crippen LogP contribution in [0, 0.1) is 0 Å².